The highest BCUT2D eigenvalue weighted by molar-refractivity contribution is 7.08. The maximum atomic E-state index is 11.1. The molecular formula is C18H15NO4S. The number of benzene rings is 1. The molecule has 3 aromatic rings. The van der Waals surface area contributed by atoms with Crippen LogP contribution >= 0.6 is 11.3 Å². The molecule has 1 aromatic carbocycles. The van der Waals surface area contributed by atoms with Crippen LogP contribution in [0.1, 0.15) is 17.7 Å². The predicted octanol–water partition coefficient (Wildman–Crippen LogP) is 4.02. The van der Waals surface area contributed by atoms with E-state index in [0.717, 1.165) is 41.9 Å². The van der Waals surface area contributed by atoms with E-state index < -0.39 is 5.97 Å². The lowest BCUT2D eigenvalue weighted by Gasteiger charge is -2.17. The van der Waals surface area contributed by atoms with Gasteiger partial charge in [0.25, 0.3) is 0 Å². The van der Waals surface area contributed by atoms with Gasteiger partial charge >= 0.3 is 5.97 Å². The van der Waals surface area contributed by atoms with Crippen LogP contribution in [0.25, 0.3) is 22.8 Å². The minimum Gasteiger partial charge on any atom is -0.493 e. The Morgan fingerprint density at radius 1 is 1.29 bits per heavy atom. The van der Waals surface area contributed by atoms with E-state index in [4.69, 9.17) is 14.3 Å². The van der Waals surface area contributed by atoms with Crippen molar-refractivity contribution in [2.75, 3.05) is 6.61 Å². The molecule has 0 radical (unpaired) electrons. The summed E-state index contributed by atoms with van der Waals surface area (Å²) < 4.78 is 11.6. The lowest BCUT2D eigenvalue weighted by molar-refractivity contribution is -0.136. The molecule has 0 saturated heterocycles. The fourth-order valence-corrected chi connectivity index (χ4v) is 3.49. The van der Waals surface area contributed by atoms with Crippen molar-refractivity contribution in [1.82, 2.24) is 4.98 Å². The number of nitrogens with zero attached hydrogens (tertiary/aromatic N) is 1. The van der Waals surface area contributed by atoms with Crippen LogP contribution in [-0.4, -0.2) is 22.7 Å². The third kappa shape index (κ3) is 2.80. The first kappa shape index (κ1) is 15.0. The Kier molecular flexibility index (Phi) is 3.82. The molecule has 0 spiro atoms. The molecule has 4 rings (SSSR count). The molecule has 0 fully saturated rings. The number of aromatic nitrogens is 1. The topological polar surface area (TPSA) is 72.6 Å². The van der Waals surface area contributed by atoms with Crippen molar-refractivity contribution >= 4 is 17.3 Å². The van der Waals surface area contributed by atoms with Crippen LogP contribution in [0, 0.1) is 0 Å². The molecule has 1 aliphatic heterocycles. The van der Waals surface area contributed by atoms with Gasteiger partial charge < -0.3 is 14.3 Å². The Labute approximate surface area is 142 Å². The highest BCUT2D eigenvalue weighted by atomic mass is 32.1. The zero-order valence-corrected chi connectivity index (χ0v) is 13.6. The number of hydrogen-bond donors (Lipinski definition) is 1. The van der Waals surface area contributed by atoms with E-state index in [9.17, 15) is 4.79 Å². The van der Waals surface area contributed by atoms with Crippen LogP contribution in [0.15, 0.2) is 39.4 Å². The third-order valence-electron chi connectivity index (χ3n) is 3.95. The number of thiophene rings is 1. The number of carboxylic acids is 1. The van der Waals surface area contributed by atoms with Crippen LogP contribution in [0.5, 0.6) is 5.75 Å². The molecule has 122 valence electrons. The van der Waals surface area contributed by atoms with Gasteiger partial charge in [0.15, 0.2) is 5.76 Å². The van der Waals surface area contributed by atoms with Crippen LogP contribution in [-0.2, 0) is 17.6 Å². The van der Waals surface area contributed by atoms with Gasteiger partial charge in [0.2, 0.25) is 5.89 Å². The summed E-state index contributed by atoms with van der Waals surface area (Å²) in [5, 5.41) is 13.0. The van der Waals surface area contributed by atoms with Gasteiger partial charge in [-0.15, -0.1) is 0 Å². The minimum absolute atomic E-state index is 0.164. The summed E-state index contributed by atoms with van der Waals surface area (Å²) in [4.78, 5) is 15.6. The second-order valence-electron chi connectivity index (χ2n) is 5.65. The number of aliphatic carboxylic acids is 1. The van der Waals surface area contributed by atoms with Crippen LogP contribution in [0.2, 0.25) is 0 Å². The molecule has 0 saturated carbocycles. The van der Waals surface area contributed by atoms with Gasteiger partial charge in [-0.3, -0.25) is 4.79 Å². The van der Waals surface area contributed by atoms with Crippen molar-refractivity contribution in [2.24, 2.45) is 0 Å². The quantitative estimate of drug-likeness (QED) is 0.776. The maximum absolute atomic E-state index is 11.1. The van der Waals surface area contributed by atoms with E-state index in [2.05, 4.69) is 4.98 Å². The molecule has 6 heteroatoms. The number of aryl methyl sites for hydroxylation is 1. The van der Waals surface area contributed by atoms with Crippen molar-refractivity contribution in [3.8, 4) is 28.5 Å². The van der Waals surface area contributed by atoms with Gasteiger partial charge in [-0.1, -0.05) is 0 Å². The average molecular weight is 341 g/mol. The molecule has 1 N–H and O–H groups in total. The second-order valence-corrected chi connectivity index (χ2v) is 6.43. The largest absolute Gasteiger partial charge is 0.493 e. The van der Waals surface area contributed by atoms with E-state index in [-0.39, 0.29) is 6.42 Å². The fraction of sp³-hybridized carbons (Fsp3) is 0.222. The zero-order chi connectivity index (χ0) is 16.5. The third-order valence-corrected chi connectivity index (χ3v) is 4.64. The van der Waals surface area contributed by atoms with E-state index in [0.29, 0.717) is 17.3 Å². The van der Waals surface area contributed by atoms with Crippen LogP contribution < -0.4 is 4.74 Å². The second kappa shape index (κ2) is 6.13. The Morgan fingerprint density at radius 3 is 3.00 bits per heavy atom. The molecule has 0 aliphatic carbocycles. The summed E-state index contributed by atoms with van der Waals surface area (Å²) >= 11 is 1.53. The molecule has 3 heterocycles. The lowest BCUT2D eigenvalue weighted by Crippen LogP contribution is -2.08. The Bertz CT molecular complexity index is 883. The first-order valence-corrected chi connectivity index (χ1v) is 8.65. The highest BCUT2D eigenvalue weighted by Gasteiger charge is 2.20. The number of ether oxygens (including phenoxy) is 1. The molecule has 2 aromatic heterocycles. The molecule has 0 bridgehead atoms. The van der Waals surface area contributed by atoms with Crippen molar-refractivity contribution in [2.45, 2.75) is 19.3 Å². The molecule has 1 aliphatic rings. The summed E-state index contributed by atoms with van der Waals surface area (Å²) in [6.07, 6.45) is 1.79. The van der Waals surface area contributed by atoms with Gasteiger partial charge in [-0.05, 0) is 48.1 Å². The van der Waals surface area contributed by atoms with Gasteiger partial charge in [0, 0.05) is 16.5 Å². The number of oxazole rings is 1. The van der Waals surface area contributed by atoms with Gasteiger partial charge in [-0.2, -0.15) is 11.3 Å². The molecule has 0 atom stereocenters. The summed E-state index contributed by atoms with van der Waals surface area (Å²) in [7, 11) is 0. The normalized spacial score (nSPS) is 13.3. The summed E-state index contributed by atoms with van der Waals surface area (Å²) in [6, 6.07) is 7.75. The van der Waals surface area contributed by atoms with E-state index in [1.807, 2.05) is 35.0 Å². The average Bonchev–Trinajstić information content (AvgIpc) is 3.23. The van der Waals surface area contributed by atoms with Gasteiger partial charge in [0.05, 0.1) is 18.7 Å². The van der Waals surface area contributed by atoms with E-state index in [1.165, 1.54) is 11.3 Å². The van der Waals surface area contributed by atoms with Crippen molar-refractivity contribution in [3.63, 3.8) is 0 Å². The molecule has 0 amide bonds. The fourth-order valence-electron chi connectivity index (χ4n) is 2.85. The summed E-state index contributed by atoms with van der Waals surface area (Å²) in [5.74, 6) is 0.953. The predicted molar refractivity (Wildman–Crippen MR) is 90.4 cm³/mol. The van der Waals surface area contributed by atoms with Crippen molar-refractivity contribution < 1.29 is 19.1 Å². The van der Waals surface area contributed by atoms with E-state index in [1.54, 1.807) is 0 Å². The summed E-state index contributed by atoms with van der Waals surface area (Å²) in [6.45, 7) is 0.746. The molecular weight excluding hydrogens is 326 g/mol. The molecule has 24 heavy (non-hydrogen) atoms. The molecule has 5 nitrogen and oxygen atoms in total. The van der Waals surface area contributed by atoms with Crippen LogP contribution in [0.3, 0.4) is 0 Å². The monoisotopic (exact) mass is 341 g/mol. The number of fused-ring (bicyclic) bond motifs is 1. The number of hydrogen-bond acceptors (Lipinski definition) is 5. The number of carboxylic acid groups (broad SMARTS) is 1. The standard InChI is InChI=1S/C18H15NO4S/c20-16(21)9-14-17(13-5-7-24-10-13)23-18(19-14)12-3-4-15-11(8-12)2-1-6-22-15/h3-5,7-8,10H,1-2,6,9H2,(H,20,21). The Morgan fingerprint density at radius 2 is 2.21 bits per heavy atom. The minimum atomic E-state index is -0.926. The first-order chi connectivity index (χ1) is 11.7. The summed E-state index contributed by atoms with van der Waals surface area (Å²) in [5.41, 5.74) is 3.28. The molecule has 0 unspecified atom stereocenters. The Hall–Kier alpha value is -2.60. The number of carbonyl (C=O) groups is 1. The zero-order valence-electron chi connectivity index (χ0n) is 12.8. The smallest absolute Gasteiger partial charge is 0.309 e. The van der Waals surface area contributed by atoms with Crippen molar-refractivity contribution in [1.29, 1.82) is 0 Å². The number of rotatable bonds is 4. The van der Waals surface area contributed by atoms with Crippen molar-refractivity contribution in [3.05, 3.63) is 46.3 Å². The van der Waals surface area contributed by atoms with Gasteiger partial charge in [0.1, 0.15) is 5.75 Å². The maximum Gasteiger partial charge on any atom is 0.309 e. The van der Waals surface area contributed by atoms with E-state index >= 15 is 0 Å². The SMILES string of the molecule is O=C(O)Cc1nc(-c2ccc3c(c2)CCCO3)oc1-c1ccsc1. The van der Waals surface area contributed by atoms with Gasteiger partial charge in [-0.25, -0.2) is 4.98 Å². The lowest BCUT2D eigenvalue weighted by atomic mass is 10.0. The highest BCUT2D eigenvalue weighted by Crippen LogP contribution is 2.34. The first-order valence-electron chi connectivity index (χ1n) is 7.71. The van der Waals surface area contributed by atoms with Crippen LogP contribution in [0.4, 0.5) is 0 Å². The Balaban J connectivity index is 1.77.